The summed E-state index contributed by atoms with van der Waals surface area (Å²) in [6.07, 6.45) is 1.27. The Balaban J connectivity index is 1.21. The van der Waals surface area contributed by atoms with Gasteiger partial charge in [-0.05, 0) is 91.9 Å². The molecule has 0 radical (unpaired) electrons. The van der Waals surface area contributed by atoms with E-state index in [2.05, 4.69) is 16.0 Å². The molecular weight excluding hydrogens is 628 g/mol. The Bertz CT molecular complexity index is 1930. The SMILES string of the molecule is CC(Sc1ccc(NC(=O)/C(=C/c2ccccc2[N+](=O)[O-])NC(=O)c2ccccc2)cc1)C(=O)Nc1ccc(Oc2ccccc2)cc1. The minimum Gasteiger partial charge on any atom is -0.457 e. The van der Waals surface area contributed by atoms with E-state index in [9.17, 15) is 24.5 Å². The molecule has 0 saturated carbocycles. The van der Waals surface area contributed by atoms with Crippen molar-refractivity contribution >= 4 is 52.6 Å². The number of nitro groups is 1. The highest BCUT2D eigenvalue weighted by atomic mass is 32.2. The van der Waals surface area contributed by atoms with Gasteiger partial charge in [0.05, 0.1) is 15.7 Å². The molecule has 0 bridgehead atoms. The third kappa shape index (κ3) is 9.18. The quantitative estimate of drug-likeness (QED) is 0.0536. The number of hydrogen-bond acceptors (Lipinski definition) is 7. The summed E-state index contributed by atoms with van der Waals surface area (Å²) in [6, 6.07) is 37.6. The lowest BCUT2D eigenvalue weighted by atomic mass is 10.1. The molecule has 0 heterocycles. The second-order valence-corrected chi connectivity index (χ2v) is 11.8. The normalized spacial score (nSPS) is 11.6. The number of hydrogen-bond donors (Lipinski definition) is 3. The molecule has 0 aliphatic carbocycles. The first-order chi connectivity index (χ1) is 23.2. The molecule has 10 nitrogen and oxygen atoms in total. The van der Waals surface area contributed by atoms with Crippen molar-refractivity contribution < 1.29 is 24.0 Å². The molecule has 5 rings (SSSR count). The average Bonchev–Trinajstić information content (AvgIpc) is 3.10. The lowest BCUT2D eigenvalue weighted by Gasteiger charge is -2.14. The Morgan fingerprint density at radius 1 is 0.729 bits per heavy atom. The van der Waals surface area contributed by atoms with Crippen molar-refractivity contribution in [2.45, 2.75) is 17.1 Å². The summed E-state index contributed by atoms with van der Waals surface area (Å²) in [4.78, 5) is 51.0. The van der Waals surface area contributed by atoms with Gasteiger partial charge in [0.25, 0.3) is 17.5 Å². The van der Waals surface area contributed by atoms with Gasteiger partial charge < -0.3 is 20.7 Å². The van der Waals surface area contributed by atoms with Crippen LogP contribution in [0.1, 0.15) is 22.8 Å². The van der Waals surface area contributed by atoms with E-state index in [4.69, 9.17) is 4.74 Å². The van der Waals surface area contributed by atoms with Gasteiger partial charge in [0.1, 0.15) is 17.2 Å². The van der Waals surface area contributed by atoms with E-state index in [0.717, 1.165) is 10.6 Å². The lowest BCUT2D eigenvalue weighted by Crippen LogP contribution is -2.30. The smallest absolute Gasteiger partial charge is 0.276 e. The predicted molar refractivity (Wildman–Crippen MR) is 187 cm³/mol. The van der Waals surface area contributed by atoms with Gasteiger partial charge in [-0.25, -0.2) is 0 Å². The standard InChI is InChI=1S/C37H30N4O6S/c1-25(35(42)38-28-16-20-31(21-17-28)47-30-13-6-3-7-14-30)48-32-22-18-29(19-23-32)39-37(44)33(40-36(43)26-10-4-2-5-11-26)24-27-12-8-9-15-34(27)41(45)46/h2-25H,1H3,(H,38,42)(H,39,44)(H,40,43)/b33-24-. The van der Waals surface area contributed by atoms with Crippen LogP contribution in [-0.4, -0.2) is 27.9 Å². The first kappa shape index (κ1) is 33.2. The Hall–Kier alpha value is -6.20. The Morgan fingerprint density at radius 2 is 1.29 bits per heavy atom. The number of nitrogens with one attached hydrogen (secondary N) is 3. The summed E-state index contributed by atoms with van der Waals surface area (Å²) in [5.41, 5.74) is 1.12. The Labute approximate surface area is 281 Å². The number of anilines is 2. The number of rotatable bonds is 12. The van der Waals surface area contributed by atoms with Crippen LogP contribution >= 0.6 is 11.8 Å². The topological polar surface area (TPSA) is 140 Å². The van der Waals surface area contributed by atoms with Crippen LogP contribution < -0.4 is 20.7 Å². The second kappa shape index (κ2) is 15.9. The molecule has 0 fully saturated rings. The minimum absolute atomic E-state index is 0.150. The van der Waals surface area contributed by atoms with Crippen molar-refractivity contribution in [2.75, 3.05) is 10.6 Å². The first-order valence-corrected chi connectivity index (χ1v) is 15.7. The van der Waals surface area contributed by atoms with Gasteiger partial charge in [0, 0.05) is 27.9 Å². The van der Waals surface area contributed by atoms with Gasteiger partial charge in [-0.2, -0.15) is 0 Å². The van der Waals surface area contributed by atoms with Crippen molar-refractivity contribution in [1.29, 1.82) is 0 Å². The zero-order valence-corrected chi connectivity index (χ0v) is 26.5. The molecule has 1 atom stereocenters. The van der Waals surface area contributed by atoms with Crippen LogP contribution in [0, 0.1) is 10.1 Å². The molecule has 0 aromatic heterocycles. The van der Waals surface area contributed by atoms with E-state index in [1.165, 1.54) is 36.0 Å². The van der Waals surface area contributed by atoms with E-state index in [0.29, 0.717) is 22.7 Å². The molecule has 5 aromatic rings. The summed E-state index contributed by atoms with van der Waals surface area (Å²) in [6.45, 7) is 1.79. The molecule has 240 valence electrons. The maximum Gasteiger partial charge on any atom is 0.276 e. The fourth-order valence-corrected chi connectivity index (χ4v) is 5.29. The van der Waals surface area contributed by atoms with Crippen molar-refractivity contribution in [3.05, 3.63) is 160 Å². The van der Waals surface area contributed by atoms with E-state index in [1.807, 2.05) is 30.3 Å². The van der Waals surface area contributed by atoms with E-state index < -0.39 is 22.0 Å². The van der Waals surface area contributed by atoms with Crippen LogP contribution in [0.3, 0.4) is 0 Å². The number of amides is 3. The number of nitro benzene ring substituents is 1. The highest BCUT2D eigenvalue weighted by Crippen LogP contribution is 2.27. The van der Waals surface area contributed by atoms with E-state index in [1.54, 1.807) is 91.9 Å². The number of benzene rings is 5. The molecular formula is C37H30N4O6S. The highest BCUT2D eigenvalue weighted by Gasteiger charge is 2.19. The third-order valence-electron chi connectivity index (χ3n) is 6.86. The lowest BCUT2D eigenvalue weighted by molar-refractivity contribution is -0.385. The molecule has 0 aliphatic heterocycles. The molecule has 5 aromatic carbocycles. The maximum absolute atomic E-state index is 13.4. The average molecular weight is 659 g/mol. The summed E-state index contributed by atoms with van der Waals surface area (Å²) in [5.74, 6) is -0.0451. The second-order valence-electron chi connectivity index (χ2n) is 10.4. The van der Waals surface area contributed by atoms with Crippen molar-refractivity contribution in [2.24, 2.45) is 0 Å². The molecule has 48 heavy (non-hydrogen) atoms. The molecule has 1 unspecified atom stereocenters. The van der Waals surface area contributed by atoms with Gasteiger partial charge in [-0.1, -0.05) is 48.5 Å². The predicted octanol–water partition coefficient (Wildman–Crippen LogP) is 7.92. The Morgan fingerprint density at radius 3 is 1.96 bits per heavy atom. The number of para-hydroxylation sites is 2. The van der Waals surface area contributed by atoms with Gasteiger partial charge >= 0.3 is 0 Å². The van der Waals surface area contributed by atoms with E-state index >= 15 is 0 Å². The summed E-state index contributed by atoms with van der Waals surface area (Å²) in [7, 11) is 0. The molecule has 0 spiro atoms. The van der Waals surface area contributed by atoms with Crippen molar-refractivity contribution in [3.8, 4) is 11.5 Å². The zero-order chi connectivity index (χ0) is 33.9. The van der Waals surface area contributed by atoms with Crippen molar-refractivity contribution in [3.63, 3.8) is 0 Å². The van der Waals surface area contributed by atoms with Crippen LogP contribution in [0.5, 0.6) is 11.5 Å². The largest absolute Gasteiger partial charge is 0.457 e. The van der Waals surface area contributed by atoms with Gasteiger partial charge in [-0.3, -0.25) is 24.5 Å². The highest BCUT2D eigenvalue weighted by molar-refractivity contribution is 8.00. The molecule has 0 aliphatic rings. The number of carbonyl (C=O) groups excluding carboxylic acids is 3. The number of nitrogens with zero attached hydrogens (tertiary/aromatic N) is 1. The first-order valence-electron chi connectivity index (χ1n) is 14.8. The monoisotopic (exact) mass is 658 g/mol. The van der Waals surface area contributed by atoms with Gasteiger partial charge in [0.2, 0.25) is 5.91 Å². The maximum atomic E-state index is 13.4. The van der Waals surface area contributed by atoms with Crippen LogP contribution in [0.2, 0.25) is 0 Å². The molecule has 3 amide bonds. The molecule has 11 heteroatoms. The zero-order valence-electron chi connectivity index (χ0n) is 25.7. The fourth-order valence-electron chi connectivity index (χ4n) is 4.42. The summed E-state index contributed by atoms with van der Waals surface area (Å²) in [5, 5.41) is 19.4. The van der Waals surface area contributed by atoms with E-state index in [-0.39, 0.29) is 22.9 Å². The minimum atomic E-state index is -0.675. The Kier molecular flexibility index (Phi) is 11.0. The number of thioether (sulfide) groups is 1. The van der Waals surface area contributed by atoms with Crippen molar-refractivity contribution in [1.82, 2.24) is 5.32 Å². The molecule has 0 saturated heterocycles. The van der Waals surface area contributed by atoms with Crippen LogP contribution in [0.15, 0.2) is 144 Å². The fraction of sp³-hybridized carbons (Fsp3) is 0.0541. The van der Waals surface area contributed by atoms with Crippen LogP contribution in [0.25, 0.3) is 6.08 Å². The van der Waals surface area contributed by atoms with Gasteiger partial charge in [-0.15, -0.1) is 11.8 Å². The summed E-state index contributed by atoms with van der Waals surface area (Å²) < 4.78 is 5.80. The number of ether oxygens (including phenoxy) is 1. The molecule has 3 N–H and O–H groups in total. The van der Waals surface area contributed by atoms with Crippen LogP contribution in [0.4, 0.5) is 17.1 Å². The number of carbonyl (C=O) groups is 3. The van der Waals surface area contributed by atoms with Gasteiger partial charge in [0.15, 0.2) is 0 Å². The third-order valence-corrected chi connectivity index (χ3v) is 7.97. The van der Waals surface area contributed by atoms with Crippen LogP contribution in [-0.2, 0) is 9.59 Å². The summed E-state index contributed by atoms with van der Waals surface area (Å²) >= 11 is 1.34.